The summed E-state index contributed by atoms with van der Waals surface area (Å²) < 4.78 is 24.2. The Hall–Kier alpha value is -6.94. The number of rotatable bonds is 16. The highest BCUT2D eigenvalue weighted by molar-refractivity contribution is 6.23. The number of nitrogens with zero attached hydrogens (tertiary/aromatic N) is 8. The number of likely N-dealkylation sites (tertiary alicyclic amines) is 1. The van der Waals surface area contributed by atoms with Gasteiger partial charge < -0.3 is 33.6 Å². The number of piperazine rings is 1. The van der Waals surface area contributed by atoms with Crippen LogP contribution in [0.15, 0.2) is 73.3 Å². The van der Waals surface area contributed by atoms with E-state index >= 15 is 0 Å². The summed E-state index contributed by atoms with van der Waals surface area (Å²) in [7, 11) is 2.04. The quantitative estimate of drug-likeness (QED) is 0.0975. The fourth-order valence-electron chi connectivity index (χ4n) is 9.79. The molecule has 3 fully saturated rings. The van der Waals surface area contributed by atoms with Gasteiger partial charge in [-0.25, -0.2) is 0 Å². The van der Waals surface area contributed by atoms with Crippen molar-refractivity contribution in [2.45, 2.75) is 62.9 Å². The molecule has 67 heavy (non-hydrogen) atoms. The van der Waals surface area contributed by atoms with Crippen LogP contribution in [0.2, 0.25) is 0 Å². The first kappa shape index (κ1) is 45.2. The van der Waals surface area contributed by atoms with Gasteiger partial charge in [-0.15, -0.1) is 0 Å². The number of piperidine rings is 1. The Morgan fingerprint density at radius 1 is 0.896 bits per heavy atom. The minimum Gasteiger partial charge on any atom is -0.491 e. The molecule has 4 atom stereocenters. The number of amides is 5. The van der Waals surface area contributed by atoms with E-state index in [1.54, 1.807) is 11.0 Å². The van der Waals surface area contributed by atoms with Gasteiger partial charge in [0.25, 0.3) is 11.8 Å². The summed E-state index contributed by atoms with van der Waals surface area (Å²) in [6.07, 6.45) is 3.06. The molecule has 6 heterocycles. The topological polar surface area (TPSA) is 200 Å². The second kappa shape index (κ2) is 19.9. The number of benzene rings is 3. The summed E-state index contributed by atoms with van der Waals surface area (Å²) in [5.74, 6) is -1.27. The molecule has 0 radical (unpaired) electrons. The first-order valence-electron chi connectivity index (χ1n) is 22.8. The van der Waals surface area contributed by atoms with E-state index in [2.05, 4.69) is 69.1 Å². The van der Waals surface area contributed by atoms with E-state index in [1.165, 1.54) is 29.0 Å². The zero-order chi connectivity index (χ0) is 46.6. The molecule has 348 valence electrons. The van der Waals surface area contributed by atoms with Crippen molar-refractivity contribution in [3.8, 4) is 17.8 Å². The first-order chi connectivity index (χ1) is 32.6. The van der Waals surface area contributed by atoms with Gasteiger partial charge in [-0.1, -0.05) is 43.0 Å². The van der Waals surface area contributed by atoms with E-state index in [9.17, 15) is 29.2 Å². The molecule has 0 bridgehead atoms. The van der Waals surface area contributed by atoms with Crippen molar-refractivity contribution >= 4 is 51.8 Å². The fourth-order valence-corrected chi connectivity index (χ4v) is 9.79. The van der Waals surface area contributed by atoms with Crippen molar-refractivity contribution < 1.29 is 42.9 Å². The number of anilines is 2. The number of aromatic nitrogens is 2. The van der Waals surface area contributed by atoms with E-state index in [-0.39, 0.29) is 73.7 Å². The Balaban J connectivity index is 0.779. The van der Waals surface area contributed by atoms with Crippen molar-refractivity contribution in [1.29, 1.82) is 5.26 Å². The Morgan fingerprint density at radius 3 is 2.55 bits per heavy atom. The maximum absolute atomic E-state index is 13.1. The number of nitrogens with one attached hydrogen (secondary N) is 1. The Kier molecular flexibility index (Phi) is 13.4. The molecule has 0 saturated carbocycles. The number of hydrogen-bond donors (Lipinski definition) is 1. The SMILES string of the molecule is C=CC(=O)N1CCN(c2nc(OC[C@@H]3C[C@@H](OCCOCCOc4ccc5c(c4)C(=O)N(C4CCC(=O)NC4=O)C5=O)CN3C)nc3c2CCN(c2cccc4ccccc24)C3)C[C@@H]1CC#N. The molecule has 9 rings (SSSR count). The second-order valence-electron chi connectivity index (χ2n) is 17.4. The number of imide groups is 2. The van der Waals surface area contributed by atoms with Crippen LogP contribution >= 0.6 is 0 Å². The fraction of sp³-hybridized carbons (Fsp3) is 0.429. The maximum atomic E-state index is 13.1. The molecule has 18 heteroatoms. The Labute approximate surface area is 388 Å². The molecule has 0 aliphatic carbocycles. The van der Waals surface area contributed by atoms with Crippen molar-refractivity contribution in [1.82, 2.24) is 30.0 Å². The van der Waals surface area contributed by atoms with Crippen LogP contribution in [0.4, 0.5) is 11.5 Å². The molecule has 1 unspecified atom stereocenters. The Morgan fingerprint density at radius 2 is 1.72 bits per heavy atom. The highest BCUT2D eigenvalue weighted by atomic mass is 16.5. The van der Waals surface area contributed by atoms with Gasteiger partial charge in [0, 0.05) is 61.8 Å². The minimum absolute atomic E-state index is 0.0363. The van der Waals surface area contributed by atoms with Crippen molar-refractivity contribution in [2.24, 2.45) is 0 Å². The van der Waals surface area contributed by atoms with Crippen molar-refractivity contribution in [2.75, 3.05) is 82.6 Å². The molecule has 5 aliphatic rings. The Bertz CT molecular complexity index is 2630. The highest BCUT2D eigenvalue weighted by Gasteiger charge is 2.45. The molecular formula is C49H53N9O9. The van der Waals surface area contributed by atoms with Gasteiger partial charge in [-0.05, 0) is 62.0 Å². The summed E-state index contributed by atoms with van der Waals surface area (Å²) in [5, 5.41) is 14.2. The van der Waals surface area contributed by atoms with Crippen molar-refractivity contribution in [3.05, 3.63) is 95.7 Å². The molecule has 5 amide bonds. The van der Waals surface area contributed by atoms with Gasteiger partial charge in [-0.3, -0.25) is 39.1 Å². The third-order valence-electron chi connectivity index (χ3n) is 13.2. The van der Waals surface area contributed by atoms with Crippen LogP contribution in [0, 0.1) is 11.3 Å². The predicted octanol–water partition coefficient (Wildman–Crippen LogP) is 3.27. The second-order valence-corrected chi connectivity index (χ2v) is 17.4. The van der Waals surface area contributed by atoms with Gasteiger partial charge in [-0.2, -0.15) is 15.2 Å². The predicted molar refractivity (Wildman–Crippen MR) is 245 cm³/mol. The summed E-state index contributed by atoms with van der Waals surface area (Å²) in [6.45, 7) is 8.72. The summed E-state index contributed by atoms with van der Waals surface area (Å²) in [5.41, 5.74) is 3.43. The molecule has 1 aromatic heterocycles. The molecule has 5 aliphatic heterocycles. The van der Waals surface area contributed by atoms with Crippen LogP contribution < -0.4 is 24.6 Å². The van der Waals surface area contributed by atoms with Gasteiger partial charge in [0.1, 0.15) is 30.8 Å². The molecule has 0 spiro atoms. The number of ether oxygens (including phenoxy) is 4. The molecular weight excluding hydrogens is 859 g/mol. The number of hydrogen-bond acceptors (Lipinski definition) is 15. The van der Waals surface area contributed by atoms with E-state index in [0.717, 1.165) is 47.0 Å². The van der Waals surface area contributed by atoms with Gasteiger partial charge in [0.05, 0.1) is 67.8 Å². The lowest BCUT2D eigenvalue weighted by Crippen LogP contribution is -2.55. The van der Waals surface area contributed by atoms with Crippen LogP contribution in [0.3, 0.4) is 0 Å². The smallest absolute Gasteiger partial charge is 0.318 e. The van der Waals surface area contributed by atoms with Crippen LogP contribution in [0.5, 0.6) is 11.8 Å². The molecule has 18 nitrogen and oxygen atoms in total. The monoisotopic (exact) mass is 911 g/mol. The van der Waals surface area contributed by atoms with E-state index in [1.807, 2.05) is 13.1 Å². The zero-order valence-electron chi connectivity index (χ0n) is 37.4. The van der Waals surface area contributed by atoms with Crippen LogP contribution in [0.25, 0.3) is 10.8 Å². The molecule has 4 aromatic rings. The maximum Gasteiger partial charge on any atom is 0.318 e. The first-order valence-corrected chi connectivity index (χ1v) is 22.8. The average molecular weight is 912 g/mol. The minimum atomic E-state index is -1.03. The lowest BCUT2D eigenvalue weighted by Gasteiger charge is -2.42. The third kappa shape index (κ3) is 9.53. The van der Waals surface area contributed by atoms with Gasteiger partial charge in [0.2, 0.25) is 17.7 Å². The van der Waals surface area contributed by atoms with E-state index in [0.29, 0.717) is 58.3 Å². The third-order valence-corrected chi connectivity index (χ3v) is 13.2. The standard InChI is InChI=1S/C49H53N9O9/c1-3-44(60)57-20-19-56(27-32(57)15-17-50)45-38-16-18-55(41-10-6-8-31-7-4-5-9-36(31)41)29-40(38)51-49(53-45)67-30-33-25-35(28-54(33)2)66-24-22-64-21-23-65-34-11-12-37-39(26-34)48(63)58(47(37)62)42-13-14-43(59)52-46(42)61/h3-12,26,32-33,35,42H,1,13-16,18-25,27-30H2,2H3,(H,52,59,61)/t32-,33-,35+,42?/m0/s1. The zero-order valence-corrected chi connectivity index (χ0v) is 37.4. The van der Waals surface area contributed by atoms with E-state index in [4.69, 9.17) is 28.9 Å². The van der Waals surface area contributed by atoms with Crippen LogP contribution in [0.1, 0.15) is 57.7 Å². The number of carbonyl (C=O) groups excluding carboxylic acids is 5. The van der Waals surface area contributed by atoms with Gasteiger partial charge >= 0.3 is 6.01 Å². The van der Waals surface area contributed by atoms with E-state index < -0.39 is 29.7 Å². The van der Waals surface area contributed by atoms with Gasteiger partial charge in [0.15, 0.2) is 0 Å². The molecule has 3 aromatic carbocycles. The largest absolute Gasteiger partial charge is 0.491 e. The number of fused-ring (bicyclic) bond motifs is 3. The molecule has 3 saturated heterocycles. The highest BCUT2D eigenvalue weighted by Crippen LogP contribution is 2.36. The molecule has 1 N–H and O–H groups in total. The van der Waals surface area contributed by atoms with Crippen LogP contribution in [-0.4, -0.2) is 151 Å². The summed E-state index contributed by atoms with van der Waals surface area (Å²) in [6, 6.07) is 20.6. The van der Waals surface area contributed by atoms with Crippen molar-refractivity contribution in [3.63, 3.8) is 0 Å². The number of likely N-dealkylation sites (N-methyl/N-ethyl adjacent to an activating group) is 1. The lowest BCUT2D eigenvalue weighted by atomic mass is 10.0. The lowest BCUT2D eigenvalue weighted by molar-refractivity contribution is -0.136. The summed E-state index contributed by atoms with van der Waals surface area (Å²) >= 11 is 0. The number of nitriles is 1. The average Bonchev–Trinajstić information content (AvgIpc) is 3.82. The summed E-state index contributed by atoms with van der Waals surface area (Å²) in [4.78, 5) is 82.3. The van der Waals surface area contributed by atoms with Crippen LogP contribution in [-0.2, 0) is 36.8 Å². The normalized spacial score (nSPS) is 21.9. The number of carbonyl (C=O) groups is 5.